The Morgan fingerprint density at radius 3 is 2.76 bits per heavy atom. The largest absolute Gasteiger partial charge is 0.496 e. The molecule has 0 saturated heterocycles. The number of aliphatic hydroxyl groups excluding tert-OH is 1. The van der Waals surface area contributed by atoms with Gasteiger partial charge in [0.15, 0.2) is 0 Å². The van der Waals surface area contributed by atoms with Gasteiger partial charge in [-0.3, -0.25) is 4.79 Å². The van der Waals surface area contributed by atoms with Gasteiger partial charge in [-0.1, -0.05) is 12.1 Å². The maximum Gasteiger partial charge on any atom is 0.339 e. The van der Waals surface area contributed by atoms with Crippen LogP contribution in [0.1, 0.15) is 62.0 Å². The molecule has 0 aliphatic carbocycles. The van der Waals surface area contributed by atoms with Crippen molar-refractivity contribution in [3.63, 3.8) is 0 Å². The minimum absolute atomic E-state index is 0.112. The van der Waals surface area contributed by atoms with E-state index in [0.29, 0.717) is 33.9 Å². The average Bonchev–Trinajstić information content (AvgIpc) is 2.77. The van der Waals surface area contributed by atoms with Crippen LogP contribution in [0, 0.1) is 6.92 Å². The number of anilines is 1. The van der Waals surface area contributed by atoms with Gasteiger partial charge >= 0.3 is 5.63 Å². The molecule has 2 N–H and O–H groups in total. The molecule has 3 aromatic rings. The van der Waals surface area contributed by atoms with E-state index in [-0.39, 0.29) is 24.3 Å². The molecule has 0 saturated carbocycles. The fourth-order valence-corrected chi connectivity index (χ4v) is 4.47. The van der Waals surface area contributed by atoms with Gasteiger partial charge in [-0.05, 0) is 70.2 Å². The molecule has 1 amide bonds. The summed E-state index contributed by atoms with van der Waals surface area (Å²) in [6.45, 7) is 7.59. The molecule has 180 valence electrons. The molecule has 0 spiro atoms. The molecule has 7 heteroatoms. The molecular formula is C27H31NO6. The van der Waals surface area contributed by atoms with Crippen LogP contribution in [-0.4, -0.2) is 23.7 Å². The smallest absolute Gasteiger partial charge is 0.339 e. The molecule has 0 fully saturated rings. The molecule has 1 atom stereocenters. The lowest BCUT2D eigenvalue weighted by Crippen LogP contribution is -2.32. The summed E-state index contributed by atoms with van der Waals surface area (Å²) in [5.41, 5.74) is 3.13. The van der Waals surface area contributed by atoms with E-state index in [0.717, 1.165) is 29.4 Å². The second-order valence-electron chi connectivity index (χ2n) is 9.46. The van der Waals surface area contributed by atoms with Crippen LogP contribution in [0.2, 0.25) is 0 Å². The van der Waals surface area contributed by atoms with Crippen LogP contribution in [0.5, 0.6) is 11.5 Å². The third-order valence-corrected chi connectivity index (χ3v) is 6.41. The second kappa shape index (κ2) is 9.14. The third-order valence-electron chi connectivity index (χ3n) is 6.41. The summed E-state index contributed by atoms with van der Waals surface area (Å²) in [7, 11) is 1.58. The number of benzene rings is 2. The van der Waals surface area contributed by atoms with Gasteiger partial charge in [0.05, 0.1) is 18.6 Å². The number of carbonyl (C=O) groups excluding carboxylic acids is 1. The Balaban J connectivity index is 1.62. The van der Waals surface area contributed by atoms with Gasteiger partial charge in [0.2, 0.25) is 5.91 Å². The first-order chi connectivity index (χ1) is 16.1. The van der Waals surface area contributed by atoms with E-state index in [4.69, 9.17) is 13.9 Å². The van der Waals surface area contributed by atoms with Gasteiger partial charge in [0.25, 0.3) is 0 Å². The van der Waals surface area contributed by atoms with Crippen LogP contribution in [-0.2, 0) is 17.6 Å². The highest BCUT2D eigenvalue weighted by Gasteiger charge is 2.31. The summed E-state index contributed by atoms with van der Waals surface area (Å²) in [5.74, 6) is 1.03. The first kappa shape index (κ1) is 23.8. The lowest BCUT2D eigenvalue weighted by molar-refractivity contribution is -0.116. The topological polar surface area (TPSA) is 98.0 Å². The van der Waals surface area contributed by atoms with E-state index in [1.54, 1.807) is 38.3 Å². The second-order valence-corrected chi connectivity index (χ2v) is 9.46. The van der Waals surface area contributed by atoms with E-state index in [1.165, 1.54) is 0 Å². The van der Waals surface area contributed by atoms with Gasteiger partial charge < -0.3 is 24.3 Å². The van der Waals surface area contributed by atoms with Crippen LogP contribution in [0.25, 0.3) is 11.0 Å². The highest BCUT2D eigenvalue weighted by Crippen LogP contribution is 2.43. The molecule has 4 rings (SSSR count). The summed E-state index contributed by atoms with van der Waals surface area (Å²) in [4.78, 5) is 25.5. The molecule has 0 unspecified atom stereocenters. The van der Waals surface area contributed by atoms with Crippen molar-refractivity contribution < 1.29 is 23.8 Å². The quantitative estimate of drug-likeness (QED) is 0.506. The Hall–Kier alpha value is -3.32. The first-order valence-electron chi connectivity index (χ1n) is 11.5. The maximum atomic E-state index is 12.9. The number of nitrogens with one attached hydrogen (secondary N) is 1. The lowest BCUT2D eigenvalue weighted by Gasteiger charge is -2.33. The number of ether oxygens (including phenoxy) is 2. The van der Waals surface area contributed by atoms with Crippen molar-refractivity contribution in [2.75, 3.05) is 12.4 Å². The molecule has 1 aromatic heterocycles. The van der Waals surface area contributed by atoms with E-state index in [2.05, 4.69) is 5.32 Å². The van der Waals surface area contributed by atoms with Crippen molar-refractivity contribution in [1.82, 2.24) is 0 Å². The van der Waals surface area contributed by atoms with Crippen LogP contribution in [0.15, 0.2) is 39.5 Å². The predicted octanol–water partition coefficient (Wildman–Crippen LogP) is 4.84. The van der Waals surface area contributed by atoms with Crippen molar-refractivity contribution >= 4 is 22.6 Å². The van der Waals surface area contributed by atoms with Gasteiger partial charge in [-0.15, -0.1) is 0 Å². The first-order valence-corrected chi connectivity index (χ1v) is 11.5. The summed E-state index contributed by atoms with van der Waals surface area (Å²) in [6, 6.07) is 8.92. The Labute approximate surface area is 198 Å². The third kappa shape index (κ3) is 4.66. The van der Waals surface area contributed by atoms with E-state index >= 15 is 0 Å². The van der Waals surface area contributed by atoms with Crippen molar-refractivity contribution in [3.8, 4) is 11.5 Å². The number of hydrogen-bond donors (Lipinski definition) is 2. The van der Waals surface area contributed by atoms with Crippen molar-refractivity contribution in [1.29, 1.82) is 0 Å². The lowest BCUT2D eigenvalue weighted by atomic mass is 9.91. The molecule has 2 heterocycles. The number of aryl methyl sites for hydroxylation is 2. The van der Waals surface area contributed by atoms with E-state index in [1.807, 2.05) is 26.8 Å². The molecule has 7 nitrogen and oxygen atoms in total. The Kier molecular flexibility index (Phi) is 6.41. The highest BCUT2D eigenvalue weighted by atomic mass is 16.5. The highest BCUT2D eigenvalue weighted by molar-refractivity contribution is 5.93. The van der Waals surface area contributed by atoms with Crippen LogP contribution >= 0.6 is 0 Å². The Bertz CT molecular complexity index is 1300. The van der Waals surface area contributed by atoms with E-state index in [9.17, 15) is 14.7 Å². The Morgan fingerprint density at radius 1 is 1.29 bits per heavy atom. The summed E-state index contributed by atoms with van der Waals surface area (Å²) in [5, 5.41) is 13.3. The molecule has 1 aliphatic rings. The van der Waals surface area contributed by atoms with Gasteiger partial charge in [-0.2, -0.15) is 0 Å². The van der Waals surface area contributed by atoms with Crippen LogP contribution in [0.3, 0.4) is 0 Å². The molecule has 2 aromatic carbocycles. The molecule has 1 aliphatic heterocycles. The number of carbonyl (C=O) groups is 1. The number of hydrogen-bond acceptors (Lipinski definition) is 6. The fourth-order valence-electron chi connectivity index (χ4n) is 4.47. The number of fused-ring (bicyclic) bond motifs is 3. The summed E-state index contributed by atoms with van der Waals surface area (Å²) in [6.07, 6.45) is 1.26. The predicted molar refractivity (Wildman–Crippen MR) is 131 cm³/mol. The molecular weight excluding hydrogens is 434 g/mol. The fraction of sp³-hybridized carbons (Fsp3) is 0.407. The summed E-state index contributed by atoms with van der Waals surface area (Å²) >= 11 is 0. The number of methoxy groups -OCH3 is 1. The van der Waals surface area contributed by atoms with Crippen molar-refractivity contribution in [2.24, 2.45) is 0 Å². The van der Waals surface area contributed by atoms with Crippen LogP contribution < -0.4 is 20.4 Å². The zero-order valence-electron chi connectivity index (χ0n) is 20.3. The van der Waals surface area contributed by atoms with Gasteiger partial charge in [0.1, 0.15) is 22.7 Å². The molecule has 0 bridgehead atoms. The summed E-state index contributed by atoms with van der Waals surface area (Å²) < 4.78 is 17.6. The SMILES string of the molecule is COc1cc2c(c3oc(=O)c(CCC(=O)Nc4cccc([C@@H](C)O)c4)c(C)c13)CCC(C)(C)O2. The van der Waals surface area contributed by atoms with Gasteiger partial charge in [-0.25, -0.2) is 4.79 Å². The number of amides is 1. The standard InChI is InChI=1S/C27H31NO6/c1-15-19(9-10-23(30)28-18-8-6-7-17(13-18)16(2)29)26(31)33-25-20-11-12-27(3,4)34-21(20)14-22(32-5)24(15)25/h6-8,13-14,16,29H,9-12H2,1-5H3,(H,28,30)/t16-/m1/s1. The molecule has 0 radical (unpaired) electrons. The van der Waals surface area contributed by atoms with Crippen molar-refractivity contribution in [2.45, 2.75) is 65.1 Å². The molecule has 34 heavy (non-hydrogen) atoms. The average molecular weight is 466 g/mol. The Morgan fingerprint density at radius 2 is 2.06 bits per heavy atom. The van der Waals surface area contributed by atoms with Gasteiger partial charge in [0, 0.05) is 29.3 Å². The van der Waals surface area contributed by atoms with Crippen LogP contribution in [0.4, 0.5) is 5.69 Å². The normalized spacial score (nSPS) is 15.4. The monoisotopic (exact) mass is 465 g/mol. The maximum absolute atomic E-state index is 12.9. The number of aliphatic hydroxyl groups is 1. The minimum atomic E-state index is -0.626. The minimum Gasteiger partial charge on any atom is -0.496 e. The van der Waals surface area contributed by atoms with Crippen molar-refractivity contribution in [3.05, 3.63) is 63.0 Å². The zero-order chi connectivity index (χ0) is 24.6. The number of rotatable bonds is 6. The zero-order valence-corrected chi connectivity index (χ0v) is 20.3. The van der Waals surface area contributed by atoms with E-state index < -0.39 is 11.7 Å².